The van der Waals surface area contributed by atoms with Gasteiger partial charge in [0.25, 0.3) is 0 Å². The molecule has 2 heterocycles. The van der Waals surface area contributed by atoms with E-state index in [2.05, 4.69) is 30.1 Å². The highest BCUT2D eigenvalue weighted by molar-refractivity contribution is 5.05. The monoisotopic (exact) mass is 236 g/mol. The Morgan fingerprint density at radius 2 is 2.29 bits per heavy atom. The number of nitrogens with zero attached hydrogens (tertiary/aromatic N) is 1. The second-order valence-electron chi connectivity index (χ2n) is 5.47. The highest BCUT2D eigenvalue weighted by atomic mass is 16.3. The van der Waals surface area contributed by atoms with Gasteiger partial charge < -0.3 is 9.73 Å². The SMILES string of the molecule is Cc1ccc(CN2CCC(CNC(C)C)C2)o1. The summed E-state index contributed by atoms with van der Waals surface area (Å²) in [5.74, 6) is 2.91. The van der Waals surface area contributed by atoms with Crippen molar-refractivity contribution in [1.82, 2.24) is 10.2 Å². The van der Waals surface area contributed by atoms with E-state index in [0.29, 0.717) is 6.04 Å². The summed E-state index contributed by atoms with van der Waals surface area (Å²) < 4.78 is 5.62. The van der Waals surface area contributed by atoms with Gasteiger partial charge in [-0.1, -0.05) is 13.8 Å². The van der Waals surface area contributed by atoms with Crippen LogP contribution in [0.1, 0.15) is 31.8 Å². The maximum absolute atomic E-state index is 5.62. The Bertz CT molecular complexity index is 346. The Labute approximate surface area is 104 Å². The van der Waals surface area contributed by atoms with Gasteiger partial charge in [-0.2, -0.15) is 0 Å². The third kappa shape index (κ3) is 3.86. The molecule has 0 amide bonds. The van der Waals surface area contributed by atoms with Gasteiger partial charge in [0.15, 0.2) is 0 Å². The Balaban J connectivity index is 1.74. The number of nitrogens with one attached hydrogen (secondary N) is 1. The van der Waals surface area contributed by atoms with Crippen molar-refractivity contribution in [2.24, 2.45) is 5.92 Å². The lowest BCUT2D eigenvalue weighted by molar-refractivity contribution is 0.282. The van der Waals surface area contributed by atoms with E-state index in [1.54, 1.807) is 0 Å². The molecule has 17 heavy (non-hydrogen) atoms. The van der Waals surface area contributed by atoms with Crippen LogP contribution in [0.25, 0.3) is 0 Å². The summed E-state index contributed by atoms with van der Waals surface area (Å²) >= 11 is 0. The van der Waals surface area contributed by atoms with Gasteiger partial charge in [-0.05, 0) is 44.5 Å². The number of likely N-dealkylation sites (tertiary alicyclic amines) is 1. The quantitative estimate of drug-likeness (QED) is 0.851. The predicted octanol–water partition coefficient (Wildman–Crippen LogP) is 2.41. The first-order valence-corrected chi connectivity index (χ1v) is 6.64. The molecule has 2 rings (SSSR count). The van der Waals surface area contributed by atoms with Crippen molar-refractivity contribution in [3.63, 3.8) is 0 Å². The number of hydrogen-bond acceptors (Lipinski definition) is 3. The molecule has 1 N–H and O–H groups in total. The molecule has 1 aromatic rings. The fourth-order valence-corrected chi connectivity index (χ4v) is 2.42. The molecule has 0 saturated carbocycles. The molecule has 1 aliphatic rings. The predicted molar refractivity (Wildman–Crippen MR) is 70.0 cm³/mol. The van der Waals surface area contributed by atoms with Crippen LogP contribution in [0.3, 0.4) is 0 Å². The largest absolute Gasteiger partial charge is 0.465 e. The third-order valence-corrected chi connectivity index (χ3v) is 3.36. The molecule has 1 fully saturated rings. The van der Waals surface area contributed by atoms with Crippen molar-refractivity contribution in [2.45, 2.75) is 39.8 Å². The van der Waals surface area contributed by atoms with Crippen LogP contribution in [0.15, 0.2) is 16.5 Å². The number of furan rings is 1. The van der Waals surface area contributed by atoms with Gasteiger partial charge in [0.2, 0.25) is 0 Å². The third-order valence-electron chi connectivity index (χ3n) is 3.36. The molecule has 0 spiro atoms. The van der Waals surface area contributed by atoms with E-state index in [1.807, 2.05) is 13.0 Å². The van der Waals surface area contributed by atoms with Gasteiger partial charge in [-0.15, -0.1) is 0 Å². The van der Waals surface area contributed by atoms with Crippen LogP contribution in [0.4, 0.5) is 0 Å². The lowest BCUT2D eigenvalue weighted by atomic mass is 10.1. The van der Waals surface area contributed by atoms with Crippen molar-refractivity contribution < 1.29 is 4.42 Å². The normalized spacial score (nSPS) is 21.5. The Morgan fingerprint density at radius 1 is 1.47 bits per heavy atom. The molecule has 3 heteroatoms. The minimum Gasteiger partial charge on any atom is -0.465 e. The topological polar surface area (TPSA) is 28.4 Å². The van der Waals surface area contributed by atoms with Gasteiger partial charge in [-0.25, -0.2) is 0 Å². The van der Waals surface area contributed by atoms with Crippen molar-refractivity contribution in [1.29, 1.82) is 0 Å². The molecule has 0 aliphatic carbocycles. The lowest BCUT2D eigenvalue weighted by Gasteiger charge is -2.16. The fraction of sp³-hybridized carbons (Fsp3) is 0.714. The van der Waals surface area contributed by atoms with Gasteiger partial charge in [0.05, 0.1) is 6.54 Å². The number of hydrogen-bond donors (Lipinski definition) is 1. The smallest absolute Gasteiger partial charge is 0.118 e. The molecule has 0 radical (unpaired) electrons. The molecular weight excluding hydrogens is 212 g/mol. The summed E-state index contributed by atoms with van der Waals surface area (Å²) in [4.78, 5) is 2.49. The van der Waals surface area contributed by atoms with Crippen LogP contribution in [-0.4, -0.2) is 30.6 Å². The van der Waals surface area contributed by atoms with Crippen LogP contribution in [0.5, 0.6) is 0 Å². The summed E-state index contributed by atoms with van der Waals surface area (Å²) in [7, 11) is 0. The average molecular weight is 236 g/mol. The Kier molecular flexibility index (Phi) is 4.24. The lowest BCUT2D eigenvalue weighted by Crippen LogP contribution is -2.30. The summed E-state index contributed by atoms with van der Waals surface area (Å²) in [6.45, 7) is 10.9. The minimum absolute atomic E-state index is 0.594. The second kappa shape index (κ2) is 5.69. The molecule has 1 aliphatic heterocycles. The van der Waals surface area contributed by atoms with E-state index < -0.39 is 0 Å². The molecule has 1 unspecified atom stereocenters. The second-order valence-corrected chi connectivity index (χ2v) is 5.47. The van der Waals surface area contributed by atoms with Crippen LogP contribution in [0.2, 0.25) is 0 Å². The highest BCUT2D eigenvalue weighted by Crippen LogP contribution is 2.19. The molecule has 96 valence electrons. The fourth-order valence-electron chi connectivity index (χ4n) is 2.42. The van der Waals surface area contributed by atoms with Crippen LogP contribution in [-0.2, 0) is 6.54 Å². The first kappa shape index (κ1) is 12.7. The van der Waals surface area contributed by atoms with Crippen molar-refractivity contribution in [3.8, 4) is 0 Å². The zero-order valence-corrected chi connectivity index (χ0v) is 11.2. The zero-order valence-electron chi connectivity index (χ0n) is 11.2. The van der Waals surface area contributed by atoms with Gasteiger partial charge in [0.1, 0.15) is 11.5 Å². The minimum atomic E-state index is 0.594. The first-order chi connectivity index (χ1) is 8.13. The molecular formula is C14H24N2O. The molecule has 1 saturated heterocycles. The standard InChI is InChI=1S/C14H24N2O/c1-11(2)15-8-13-6-7-16(9-13)10-14-5-4-12(3)17-14/h4-5,11,13,15H,6-10H2,1-3H3. The van der Waals surface area contributed by atoms with E-state index in [9.17, 15) is 0 Å². The van der Waals surface area contributed by atoms with Crippen molar-refractivity contribution in [2.75, 3.05) is 19.6 Å². The summed E-state index contributed by atoms with van der Waals surface area (Å²) in [6, 6.07) is 4.73. The number of rotatable bonds is 5. The van der Waals surface area contributed by atoms with Crippen LogP contribution in [0, 0.1) is 12.8 Å². The van der Waals surface area contributed by atoms with Crippen LogP contribution >= 0.6 is 0 Å². The van der Waals surface area contributed by atoms with E-state index in [-0.39, 0.29) is 0 Å². The summed E-state index contributed by atoms with van der Waals surface area (Å²) in [5.41, 5.74) is 0. The van der Waals surface area contributed by atoms with E-state index in [4.69, 9.17) is 4.42 Å². The van der Waals surface area contributed by atoms with Gasteiger partial charge >= 0.3 is 0 Å². The molecule has 0 aromatic carbocycles. The van der Waals surface area contributed by atoms with Crippen molar-refractivity contribution in [3.05, 3.63) is 23.7 Å². The molecule has 1 atom stereocenters. The van der Waals surface area contributed by atoms with Crippen molar-refractivity contribution >= 4 is 0 Å². The van der Waals surface area contributed by atoms with E-state index in [1.165, 1.54) is 19.5 Å². The number of aryl methyl sites for hydroxylation is 1. The first-order valence-electron chi connectivity index (χ1n) is 6.64. The Morgan fingerprint density at radius 3 is 2.94 bits per heavy atom. The molecule has 3 nitrogen and oxygen atoms in total. The zero-order chi connectivity index (χ0) is 12.3. The maximum atomic E-state index is 5.62. The Hall–Kier alpha value is -0.800. The molecule has 0 bridgehead atoms. The highest BCUT2D eigenvalue weighted by Gasteiger charge is 2.22. The average Bonchev–Trinajstić information content (AvgIpc) is 2.86. The van der Waals surface area contributed by atoms with E-state index in [0.717, 1.165) is 30.5 Å². The maximum Gasteiger partial charge on any atom is 0.118 e. The van der Waals surface area contributed by atoms with Gasteiger partial charge in [0, 0.05) is 12.6 Å². The summed E-state index contributed by atoms with van der Waals surface area (Å²) in [5, 5.41) is 3.53. The van der Waals surface area contributed by atoms with E-state index >= 15 is 0 Å². The van der Waals surface area contributed by atoms with Gasteiger partial charge in [-0.3, -0.25) is 4.90 Å². The van der Waals surface area contributed by atoms with Crippen LogP contribution < -0.4 is 5.32 Å². The summed E-state index contributed by atoms with van der Waals surface area (Å²) in [6.07, 6.45) is 1.30. The molecule has 1 aromatic heterocycles.